The molecule has 2 aliphatic carbocycles. The van der Waals surface area contributed by atoms with E-state index in [1.54, 1.807) is 18.5 Å². The zero-order chi connectivity index (χ0) is 19.1. The first-order valence-corrected chi connectivity index (χ1v) is 9.89. The Morgan fingerprint density at radius 1 is 0.964 bits per heavy atom. The first-order valence-electron chi connectivity index (χ1n) is 9.89. The molecule has 2 saturated carbocycles. The summed E-state index contributed by atoms with van der Waals surface area (Å²) in [5.41, 5.74) is 8.45. The molecular weight excluding hydrogens is 352 g/mol. The van der Waals surface area contributed by atoms with Crippen molar-refractivity contribution in [1.82, 2.24) is 25.1 Å². The zero-order valence-corrected chi connectivity index (χ0v) is 15.6. The molecule has 142 valence electrons. The van der Waals surface area contributed by atoms with Crippen LogP contribution in [0.5, 0.6) is 0 Å². The molecule has 0 radical (unpaired) electrons. The summed E-state index contributed by atoms with van der Waals surface area (Å²) in [6.45, 7) is 0. The van der Waals surface area contributed by atoms with Crippen molar-refractivity contribution in [1.29, 1.82) is 0 Å². The van der Waals surface area contributed by atoms with Gasteiger partial charge in [-0.15, -0.1) is 10.2 Å². The second kappa shape index (κ2) is 6.82. The number of nitrogen functional groups attached to an aromatic ring is 1. The first-order chi connectivity index (χ1) is 13.7. The standard InChI is InChI=1S/C21H22N6O/c22-17-15-9-3-10-16(20-23-11-4-12-24-20)18(15)25-26-19(17)21(28)27(13-5-1-6-13)14-7-2-8-14/h3-4,9-14H,1-2,5-8H2,(H2,22,25). The highest BCUT2D eigenvalue weighted by Crippen LogP contribution is 2.36. The van der Waals surface area contributed by atoms with E-state index in [1.807, 2.05) is 23.1 Å². The van der Waals surface area contributed by atoms with E-state index in [0.717, 1.165) is 31.2 Å². The fraction of sp³-hybridized carbons (Fsp3) is 0.381. The maximum absolute atomic E-state index is 13.4. The average molecular weight is 374 g/mol. The number of hydrogen-bond acceptors (Lipinski definition) is 6. The lowest BCUT2D eigenvalue weighted by Crippen LogP contribution is -2.53. The minimum atomic E-state index is -0.0809. The van der Waals surface area contributed by atoms with E-state index >= 15 is 0 Å². The minimum Gasteiger partial charge on any atom is -0.396 e. The van der Waals surface area contributed by atoms with Gasteiger partial charge in [-0.05, 0) is 50.7 Å². The molecule has 0 atom stereocenters. The zero-order valence-electron chi connectivity index (χ0n) is 15.6. The van der Waals surface area contributed by atoms with Gasteiger partial charge >= 0.3 is 0 Å². The maximum Gasteiger partial charge on any atom is 0.277 e. The molecule has 1 amide bonds. The van der Waals surface area contributed by atoms with Gasteiger partial charge in [0.1, 0.15) is 5.52 Å². The number of carbonyl (C=O) groups is 1. The van der Waals surface area contributed by atoms with E-state index in [4.69, 9.17) is 5.73 Å². The van der Waals surface area contributed by atoms with Crippen LogP contribution in [0, 0.1) is 0 Å². The van der Waals surface area contributed by atoms with E-state index in [1.165, 1.54) is 12.8 Å². The van der Waals surface area contributed by atoms with Crippen molar-refractivity contribution in [2.24, 2.45) is 0 Å². The van der Waals surface area contributed by atoms with Crippen molar-refractivity contribution in [3.8, 4) is 11.4 Å². The summed E-state index contributed by atoms with van der Waals surface area (Å²) in [7, 11) is 0. The van der Waals surface area contributed by atoms with E-state index in [9.17, 15) is 4.79 Å². The van der Waals surface area contributed by atoms with Crippen molar-refractivity contribution in [3.63, 3.8) is 0 Å². The molecule has 2 N–H and O–H groups in total. The van der Waals surface area contributed by atoms with Crippen LogP contribution < -0.4 is 5.73 Å². The number of nitrogens with two attached hydrogens (primary N) is 1. The molecule has 0 bridgehead atoms. The number of carbonyl (C=O) groups excluding carboxylic acids is 1. The number of amides is 1. The van der Waals surface area contributed by atoms with Gasteiger partial charge in [-0.3, -0.25) is 4.79 Å². The van der Waals surface area contributed by atoms with E-state index in [2.05, 4.69) is 20.2 Å². The molecule has 0 unspecified atom stereocenters. The predicted molar refractivity (Wildman–Crippen MR) is 106 cm³/mol. The van der Waals surface area contributed by atoms with E-state index in [0.29, 0.717) is 34.5 Å². The van der Waals surface area contributed by atoms with Gasteiger partial charge < -0.3 is 10.6 Å². The normalized spacial score (nSPS) is 17.1. The lowest BCUT2D eigenvalue weighted by Gasteiger charge is -2.46. The number of fused-ring (bicyclic) bond motifs is 1. The van der Waals surface area contributed by atoms with Crippen LogP contribution in [0.3, 0.4) is 0 Å². The summed E-state index contributed by atoms with van der Waals surface area (Å²) in [5.74, 6) is 0.481. The van der Waals surface area contributed by atoms with Gasteiger partial charge in [0.05, 0.1) is 5.69 Å². The lowest BCUT2D eigenvalue weighted by atomic mass is 9.84. The molecular formula is C21H22N6O. The van der Waals surface area contributed by atoms with Crippen LogP contribution in [-0.2, 0) is 0 Å². The molecule has 7 heteroatoms. The molecule has 5 rings (SSSR count). The minimum absolute atomic E-state index is 0.0809. The lowest BCUT2D eigenvalue weighted by molar-refractivity contribution is 0.0280. The highest BCUT2D eigenvalue weighted by Gasteiger charge is 2.38. The Morgan fingerprint density at radius 2 is 1.64 bits per heavy atom. The van der Waals surface area contributed by atoms with Crippen molar-refractivity contribution in [2.75, 3.05) is 5.73 Å². The molecule has 28 heavy (non-hydrogen) atoms. The van der Waals surface area contributed by atoms with Crippen LogP contribution in [0.25, 0.3) is 22.3 Å². The Bertz CT molecular complexity index is 1020. The second-order valence-corrected chi connectivity index (χ2v) is 7.62. The molecule has 0 aliphatic heterocycles. The predicted octanol–water partition coefficient (Wildman–Crippen LogP) is 3.22. The van der Waals surface area contributed by atoms with Gasteiger partial charge in [0, 0.05) is 35.4 Å². The Morgan fingerprint density at radius 3 is 2.25 bits per heavy atom. The summed E-state index contributed by atoms with van der Waals surface area (Å²) in [5, 5.41) is 9.36. The Balaban J connectivity index is 1.57. The number of hydrogen-bond donors (Lipinski definition) is 1. The maximum atomic E-state index is 13.4. The number of nitrogens with zero attached hydrogens (tertiary/aromatic N) is 5. The first kappa shape index (κ1) is 17.0. The Hall–Kier alpha value is -3.09. The monoisotopic (exact) mass is 374 g/mol. The van der Waals surface area contributed by atoms with Crippen molar-refractivity contribution in [3.05, 3.63) is 42.4 Å². The molecule has 0 spiro atoms. The third kappa shape index (κ3) is 2.69. The van der Waals surface area contributed by atoms with Gasteiger partial charge in [-0.1, -0.05) is 12.1 Å². The second-order valence-electron chi connectivity index (χ2n) is 7.62. The summed E-state index contributed by atoms with van der Waals surface area (Å²) >= 11 is 0. The van der Waals surface area contributed by atoms with Crippen LogP contribution >= 0.6 is 0 Å². The quantitative estimate of drug-likeness (QED) is 0.753. The van der Waals surface area contributed by atoms with Crippen LogP contribution in [-0.4, -0.2) is 43.1 Å². The molecule has 2 aliphatic rings. The molecule has 7 nitrogen and oxygen atoms in total. The summed E-state index contributed by atoms with van der Waals surface area (Å²) in [6, 6.07) is 8.05. The SMILES string of the molecule is Nc1c(C(=O)N(C2CCC2)C2CCC2)nnc2c(-c3ncccn3)cccc12. The third-order valence-corrected chi connectivity index (χ3v) is 6.01. The summed E-state index contributed by atoms with van der Waals surface area (Å²) in [6.07, 6.45) is 10.0. The molecule has 0 saturated heterocycles. The van der Waals surface area contributed by atoms with Crippen molar-refractivity contribution < 1.29 is 4.79 Å². The Kier molecular flexibility index (Phi) is 4.15. The highest BCUT2D eigenvalue weighted by molar-refractivity contribution is 6.07. The van der Waals surface area contributed by atoms with Gasteiger partial charge in [-0.2, -0.15) is 0 Å². The van der Waals surface area contributed by atoms with Gasteiger partial charge in [0.25, 0.3) is 5.91 Å². The number of anilines is 1. The number of aromatic nitrogens is 4. The molecule has 2 heterocycles. The topological polar surface area (TPSA) is 97.9 Å². The van der Waals surface area contributed by atoms with Crippen LogP contribution in [0.2, 0.25) is 0 Å². The van der Waals surface area contributed by atoms with Gasteiger partial charge in [0.15, 0.2) is 11.5 Å². The third-order valence-electron chi connectivity index (χ3n) is 6.01. The molecule has 1 aromatic carbocycles. The van der Waals surface area contributed by atoms with Gasteiger partial charge in [0.2, 0.25) is 0 Å². The molecule has 3 aromatic rings. The average Bonchev–Trinajstić information content (AvgIpc) is 2.65. The van der Waals surface area contributed by atoms with Crippen molar-refractivity contribution in [2.45, 2.75) is 50.6 Å². The largest absolute Gasteiger partial charge is 0.396 e. The fourth-order valence-corrected chi connectivity index (χ4v) is 4.01. The number of benzene rings is 1. The van der Waals surface area contributed by atoms with Crippen LogP contribution in [0.1, 0.15) is 49.0 Å². The number of rotatable bonds is 4. The fourth-order valence-electron chi connectivity index (χ4n) is 4.01. The Labute approximate surface area is 163 Å². The summed E-state index contributed by atoms with van der Waals surface area (Å²) < 4.78 is 0. The summed E-state index contributed by atoms with van der Waals surface area (Å²) in [4.78, 5) is 24.0. The molecule has 2 fully saturated rings. The van der Waals surface area contributed by atoms with E-state index in [-0.39, 0.29) is 11.6 Å². The van der Waals surface area contributed by atoms with Crippen LogP contribution in [0.15, 0.2) is 36.7 Å². The van der Waals surface area contributed by atoms with Crippen molar-refractivity contribution >= 4 is 22.5 Å². The van der Waals surface area contributed by atoms with Crippen LogP contribution in [0.4, 0.5) is 5.69 Å². The van der Waals surface area contributed by atoms with Gasteiger partial charge in [-0.25, -0.2) is 9.97 Å². The smallest absolute Gasteiger partial charge is 0.277 e. The highest BCUT2D eigenvalue weighted by atomic mass is 16.2. The van der Waals surface area contributed by atoms with E-state index < -0.39 is 0 Å². The molecule has 2 aromatic heterocycles.